The minimum Gasteiger partial charge on any atom is -0.495 e. The van der Waals surface area contributed by atoms with Crippen molar-refractivity contribution in [2.45, 2.75) is 71.8 Å². The van der Waals surface area contributed by atoms with Gasteiger partial charge in [-0.15, -0.1) is 0 Å². The van der Waals surface area contributed by atoms with Crippen LogP contribution < -0.4 is 15.4 Å². The van der Waals surface area contributed by atoms with E-state index in [9.17, 15) is 4.79 Å². The maximum Gasteiger partial charge on any atom is 0.315 e. The van der Waals surface area contributed by atoms with E-state index >= 15 is 0 Å². The Hall–Kier alpha value is -2.30. The van der Waals surface area contributed by atoms with Gasteiger partial charge < -0.3 is 15.4 Å². The third-order valence-electron chi connectivity index (χ3n) is 9.62. The molecular formula is C28H39N3O2. The van der Waals surface area contributed by atoms with Crippen molar-refractivity contribution >= 4 is 11.6 Å². The van der Waals surface area contributed by atoms with E-state index in [-0.39, 0.29) is 22.9 Å². The molecule has 1 aromatic heterocycles. The topological polar surface area (TPSA) is 63.2 Å². The first-order valence-electron chi connectivity index (χ1n) is 12.8. The largest absolute Gasteiger partial charge is 0.495 e. The zero-order chi connectivity index (χ0) is 23.2. The summed E-state index contributed by atoms with van der Waals surface area (Å²) < 4.78 is 5.46. The second-order valence-electron chi connectivity index (χ2n) is 11.1. The molecule has 5 rings (SSSR count). The summed E-state index contributed by atoms with van der Waals surface area (Å²) >= 11 is 0. The lowest BCUT2D eigenvalue weighted by Crippen LogP contribution is -2.52. The number of pyridine rings is 1. The van der Waals surface area contributed by atoms with E-state index in [1.165, 1.54) is 43.2 Å². The number of aromatic nitrogens is 1. The lowest BCUT2D eigenvalue weighted by Gasteiger charge is -2.58. The Morgan fingerprint density at radius 3 is 2.73 bits per heavy atom. The van der Waals surface area contributed by atoms with Gasteiger partial charge in [-0.25, -0.2) is 4.79 Å². The van der Waals surface area contributed by atoms with Crippen molar-refractivity contribution in [1.82, 2.24) is 15.6 Å². The normalized spacial score (nSPS) is 37.1. The second kappa shape index (κ2) is 8.48. The van der Waals surface area contributed by atoms with Gasteiger partial charge in [0.25, 0.3) is 0 Å². The van der Waals surface area contributed by atoms with Gasteiger partial charge >= 0.3 is 6.03 Å². The van der Waals surface area contributed by atoms with Gasteiger partial charge in [-0.1, -0.05) is 31.6 Å². The number of carbonyl (C=O) groups excluding carboxylic acids is 1. The van der Waals surface area contributed by atoms with Gasteiger partial charge in [0.2, 0.25) is 0 Å². The summed E-state index contributed by atoms with van der Waals surface area (Å²) in [5.41, 5.74) is 4.81. The summed E-state index contributed by atoms with van der Waals surface area (Å²) in [6.07, 6.45) is 17.0. The number of rotatable bonds is 4. The highest BCUT2D eigenvalue weighted by Gasteiger charge is 2.56. The van der Waals surface area contributed by atoms with Gasteiger partial charge in [-0.05, 0) is 97.7 Å². The van der Waals surface area contributed by atoms with E-state index in [4.69, 9.17) is 4.74 Å². The maximum absolute atomic E-state index is 12.1. The number of hydrogen-bond donors (Lipinski definition) is 2. The fraction of sp³-hybridized carbons (Fsp3) is 0.643. The monoisotopic (exact) mass is 449 g/mol. The Bertz CT molecular complexity index is 985. The highest BCUT2D eigenvalue weighted by Crippen LogP contribution is 2.66. The molecule has 1 heterocycles. The molecule has 6 atom stereocenters. The molecule has 2 N–H and O–H groups in total. The second-order valence-corrected chi connectivity index (χ2v) is 11.1. The van der Waals surface area contributed by atoms with E-state index in [0.29, 0.717) is 12.5 Å². The Morgan fingerprint density at radius 2 is 1.94 bits per heavy atom. The summed E-state index contributed by atoms with van der Waals surface area (Å²) in [5, 5.41) is 6.09. The summed E-state index contributed by atoms with van der Waals surface area (Å²) in [5.74, 6) is 3.01. The Kier molecular flexibility index (Phi) is 5.78. The average molecular weight is 450 g/mol. The first-order chi connectivity index (χ1) is 15.9. The highest BCUT2D eigenvalue weighted by atomic mass is 16.5. The van der Waals surface area contributed by atoms with E-state index < -0.39 is 0 Å². The van der Waals surface area contributed by atoms with Crippen molar-refractivity contribution in [1.29, 1.82) is 0 Å². The highest BCUT2D eigenvalue weighted by molar-refractivity contribution is 5.74. The molecule has 5 nitrogen and oxygen atoms in total. The number of allylic oxidation sites excluding steroid dienone is 3. The van der Waals surface area contributed by atoms with Crippen molar-refractivity contribution in [3.05, 3.63) is 41.7 Å². The van der Waals surface area contributed by atoms with Gasteiger partial charge in [-0.2, -0.15) is 0 Å². The summed E-state index contributed by atoms with van der Waals surface area (Å²) in [7, 11) is 1.71. The van der Waals surface area contributed by atoms with Crippen molar-refractivity contribution in [3.63, 3.8) is 0 Å². The van der Waals surface area contributed by atoms with Crippen LogP contribution in [-0.4, -0.2) is 30.7 Å². The van der Waals surface area contributed by atoms with Crippen LogP contribution in [0, 0.1) is 28.6 Å². The molecule has 4 aliphatic rings. The summed E-state index contributed by atoms with van der Waals surface area (Å²) in [6.45, 7) is 7.66. The van der Waals surface area contributed by atoms with Crippen LogP contribution in [0.3, 0.4) is 0 Å². The molecule has 33 heavy (non-hydrogen) atoms. The molecule has 0 bridgehead atoms. The van der Waals surface area contributed by atoms with Gasteiger partial charge in [-0.3, -0.25) is 4.98 Å². The molecule has 0 radical (unpaired) electrons. The smallest absolute Gasteiger partial charge is 0.315 e. The number of fused-ring (bicyclic) bond motifs is 5. The molecule has 4 unspecified atom stereocenters. The molecular weight excluding hydrogens is 410 g/mol. The number of nitrogens with zero attached hydrogens (tertiary/aromatic N) is 1. The van der Waals surface area contributed by atoms with E-state index in [1.807, 2.05) is 13.1 Å². The van der Waals surface area contributed by atoms with Crippen LogP contribution in [0.2, 0.25) is 0 Å². The van der Waals surface area contributed by atoms with Gasteiger partial charge in [0, 0.05) is 18.8 Å². The number of methoxy groups -OCH3 is 1. The van der Waals surface area contributed by atoms with Crippen molar-refractivity contribution in [2.24, 2.45) is 28.6 Å². The minimum absolute atomic E-state index is 0.0228. The van der Waals surface area contributed by atoms with E-state index in [1.54, 1.807) is 18.9 Å². The number of urea groups is 1. The molecule has 0 aromatic carbocycles. The zero-order valence-electron chi connectivity index (χ0n) is 20.6. The Balaban J connectivity index is 1.35. The molecule has 2 saturated carbocycles. The fourth-order valence-electron chi connectivity index (χ4n) is 7.87. The van der Waals surface area contributed by atoms with Crippen molar-refractivity contribution in [3.8, 4) is 5.75 Å². The first kappa shape index (κ1) is 22.5. The molecule has 0 saturated heterocycles. The molecule has 2 fully saturated rings. The fourth-order valence-corrected chi connectivity index (χ4v) is 7.87. The third kappa shape index (κ3) is 3.68. The van der Waals surface area contributed by atoms with Crippen LogP contribution in [0.25, 0.3) is 5.57 Å². The van der Waals surface area contributed by atoms with Gasteiger partial charge in [0.05, 0.1) is 13.3 Å². The number of hydrogen-bond acceptors (Lipinski definition) is 3. The lowest BCUT2D eigenvalue weighted by molar-refractivity contribution is -0.0121. The number of ether oxygens (including phenoxy) is 1. The first-order valence-corrected chi connectivity index (χ1v) is 12.8. The summed E-state index contributed by atoms with van der Waals surface area (Å²) in [6, 6.07) is 2.40. The van der Waals surface area contributed by atoms with Gasteiger partial charge in [0.1, 0.15) is 5.75 Å². The molecule has 4 aliphatic carbocycles. The van der Waals surface area contributed by atoms with Crippen LogP contribution in [0.1, 0.15) is 71.3 Å². The van der Waals surface area contributed by atoms with Crippen LogP contribution in [0.15, 0.2) is 36.2 Å². The number of carbonyl (C=O) groups is 1. The molecule has 2 amide bonds. The van der Waals surface area contributed by atoms with Crippen molar-refractivity contribution < 1.29 is 9.53 Å². The quantitative estimate of drug-likeness (QED) is 0.577. The van der Waals surface area contributed by atoms with Crippen molar-refractivity contribution in [2.75, 3.05) is 13.7 Å². The molecule has 178 valence electrons. The third-order valence-corrected chi connectivity index (χ3v) is 9.62. The van der Waals surface area contributed by atoms with Gasteiger partial charge in [0.15, 0.2) is 0 Å². The Morgan fingerprint density at radius 1 is 1.12 bits per heavy atom. The molecule has 1 aromatic rings. The average Bonchev–Trinajstić information content (AvgIpc) is 3.17. The van der Waals surface area contributed by atoms with Crippen LogP contribution >= 0.6 is 0 Å². The van der Waals surface area contributed by atoms with Crippen LogP contribution in [0.4, 0.5) is 4.79 Å². The zero-order valence-corrected chi connectivity index (χ0v) is 20.6. The minimum atomic E-state index is -0.0228. The SMILES string of the molecule is CCNC(=O)NC1CC[C@@]2(C)C(=CCC3C2CC[C@]2(C)C(c4cncc(OC)c4)=CCC32)C1. The van der Waals surface area contributed by atoms with E-state index in [2.05, 4.69) is 47.7 Å². The molecule has 0 spiro atoms. The molecule has 0 aliphatic heterocycles. The predicted molar refractivity (Wildman–Crippen MR) is 132 cm³/mol. The Labute approximate surface area is 198 Å². The standard InChI is InChI=1S/C28H39N3O2/c1-5-30-26(32)31-20-10-12-27(2)19(15-20)6-7-22-24-9-8-23(28(24,3)13-11-25(22)27)18-14-21(33-4)17-29-16-18/h6,8,14,16-17,20,22,24-25H,5,7,9-13,15H2,1-4H3,(H2,30,31,32)/t20?,22?,24?,25?,27-,28+/m0/s1. The van der Waals surface area contributed by atoms with E-state index in [0.717, 1.165) is 30.4 Å². The number of amides is 2. The molecule has 5 heteroatoms. The summed E-state index contributed by atoms with van der Waals surface area (Å²) in [4.78, 5) is 16.5. The van der Waals surface area contributed by atoms with Crippen LogP contribution in [-0.2, 0) is 0 Å². The number of nitrogens with one attached hydrogen (secondary N) is 2. The predicted octanol–water partition coefficient (Wildman–Crippen LogP) is 5.73. The van der Waals surface area contributed by atoms with Crippen LogP contribution in [0.5, 0.6) is 5.75 Å². The maximum atomic E-state index is 12.1. The lowest BCUT2D eigenvalue weighted by atomic mass is 9.47.